The normalized spacial score (nSPS) is 12.9. The van der Waals surface area contributed by atoms with Crippen molar-refractivity contribution in [1.29, 1.82) is 0 Å². The maximum atomic E-state index is 12.2. The third-order valence-electron chi connectivity index (χ3n) is 3.43. The number of nitrogens with zero attached hydrogens (tertiary/aromatic N) is 2. The van der Waals surface area contributed by atoms with Gasteiger partial charge in [0.05, 0.1) is 10.5 Å². The number of benzene rings is 1. The fraction of sp³-hybridized carbons (Fsp3) is 0.118. The van der Waals surface area contributed by atoms with Crippen molar-refractivity contribution in [2.75, 3.05) is 6.61 Å². The molecule has 0 atom stereocenters. The van der Waals surface area contributed by atoms with Gasteiger partial charge < -0.3 is 14.0 Å². The van der Waals surface area contributed by atoms with E-state index in [9.17, 15) is 4.79 Å². The average Bonchev–Trinajstić information content (AvgIpc) is 3.30. The largest absolute Gasteiger partial charge is 0.488 e. The minimum absolute atomic E-state index is 0.0732. The average molecular weight is 340 g/mol. The number of hydrogen-bond acceptors (Lipinski definition) is 7. The molecule has 0 N–H and O–H groups in total. The topological polar surface area (TPSA) is 74.5 Å². The molecular weight excluding hydrogens is 328 g/mol. The summed E-state index contributed by atoms with van der Waals surface area (Å²) >= 11 is 1.51. The van der Waals surface area contributed by atoms with Gasteiger partial charge >= 0.3 is 5.97 Å². The number of carbonyl (C=O) groups is 1. The monoisotopic (exact) mass is 340 g/mol. The van der Waals surface area contributed by atoms with Gasteiger partial charge in [0.15, 0.2) is 6.61 Å². The van der Waals surface area contributed by atoms with Crippen LogP contribution in [0.3, 0.4) is 0 Å². The van der Waals surface area contributed by atoms with E-state index in [-0.39, 0.29) is 19.1 Å². The minimum atomic E-state index is -0.458. The molecule has 6 nitrogen and oxygen atoms in total. The second-order valence-corrected chi connectivity index (χ2v) is 6.01. The number of esters is 1. The van der Waals surface area contributed by atoms with Crippen LogP contribution in [0.15, 0.2) is 51.9 Å². The third-order valence-corrected chi connectivity index (χ3v) is 4.30. The number of hydrogen-bond donors (Lipinski definition) is 0. The first-order chi connectivity index (χ1) is 11.8. The smallest absolute Gasteiger partial charge is 0.338 e. The van der Waals surface area contributed by atoms with Gasteiger partial charge in [0.1, 0.15) is 12.4 Å². The lowest BCUT2D eigenvalue weighted by Gasteiger charge is -2.16. The molecule has 7 heteroatoms. The highest BCUT2D eigenvalue weighted by Crippen LogP contribution is 2.26. The van der Waals surface area contributed by atoms with Crippen molar-refractivity contribution in [3.63, 3.8) is 0 Å². The van der Waals surface area contributed by atoms with Crippen molar-refractivity contribution >= 4 is 23.4 Å². The van der Waals surface area contributed by atoms with Gasteiger partial charge in [0, 0.05) is 5.56 Å². The first-order valence-electron chi connectivity index (χ1n) is 7.25. The van der Waals surface area contributed by atoms with Crippen LogP contribution < -0.4 is 4.74 Å². The summed E-state index contributed by atoms with van der Waals surface area (Å²) in [5, 5.41) is 5.80. The number of ether oxygens (including phenoxy) is 2. The summed E-state index contributed by atoms with van der Waals surface area (Å²) in [6.45, 7) is 0.107. The molecule has 4 rings (SSSR count). The first kappa shape index (κ1) is 14.6. The van der Waals surface area contributed by atoms with Crippen molar-refractivity contribution < 1.29 is 18.8 Å². The molecule has 0 spiro atoms. The highest BCUT2D eigenvalue weighted by atomic mass is 32.1. The maximum Gasteiger partial charge on any atom is 0.338 e. The second-order valence-electron chi connectivity index (χ2n) is 5.06. The van der Waals surface area contributed by atoms with Crippen LogP contribution in [0.25, 0.3) is 16.8 Å². The number of para-hydroxylation sites is 1. The van der Waals surface area contributed by atoms with Crippen LogP contribution in [0.4, 0.5) is 0 Å². The lowest BCUT2D eigenvalue weighted by molar-refractivity contribution is -0.141. The Morgan fingerprint density at radius 2 is 2.17 bits per heavy atom. The van der Waals surface area contributed by atoms with Crippen LogP contribution in [0, 0.1) is 0 Å². The molecule has 1 aromatic carbocycles. The molecule has 0 amide bonds. The van der Waals surface area contributed by atoms with E-state index in [1.807, 2.05) is 41.8 Å². The number of rotatable bonds is 4. The molecule has 0 radical (unpaired) electrons. The molecule has 0 aliphatic carbocycles. The lowest BCUT2D eigenvalue weighted by atomic mass is 10.1. The van der Waals surface area contributed by atoms with Gasteiger partial charge in [-0.1, -0.05) is 29.4 Å². The Morgan fingerprint density at radius 1 is 1.25 bits per heavy atom. The molecular formula is C17H12N2O4S. The van der Waals surface area contributed by atoms with Gasteiger partial charge in [-0.3, -0.25) is 0 Å². The summed E-state index contributed by atoms with van der Waals surface area (Å²) in [4.78, 5) is 17.3. The van der Waals surface area contributed by atoms with Crippen LogP contribution in [-0.2, 0) is 16.1 Å². The molecule has 3 aromatic rings. The number of carbonyl (C=O) groups excluding carboxylic acids is 1. The van der Waals surface area contributed by atoms with E-state index < -0.39 is 5.97 Å². The molecule has 1 aliphatic heterocycles. The molecule has 1 aliphatic rings. The molecule has 0 fully saturated rings. The van der Waals surface area contributed by atoms with Crippen molar-refractivity contribution in [2.24, 2.45) is 0 Å². The predicted molar refractivity (Wildman–Crippen MR) is 87.3 cm³/mol. The fourth-order valence-electron chi connectivity index (χ4n) is 2.27. The minimum Gasteiger partial charge on any atom is -0.488 e. The predicted octanol–water partition coefficient (Wildman–Crippen LogP) is 3.32. The van der Waals surface area contributed by atoms with Crippen LogP contribution in [0.5, 0.6) is 5.75 Å². The standard InChI is InChI=1S/C17H12N2O4S/c20-17(12-8-11-4-1-2-5-13(11)21-9-12)22-10-15-18-16(19-23-15)14-6-3-7-24-14/h1-8H,9-10H2. The zero-order valence-electron chi connectivity index (χ0n) is 12.5. The second kappa shape index (κ2) is 6.29. The molecule has 0 saturated heterocycles. The SMILES string of the molecule is O=C(OCc1nc(-c2cccs2)no1)C1=Cc2ccccc2OC1. The van der Waals surface area contributed by atoms with Crippen LogP contribution in [0.1, 0.15) is 11.5 Å². The zero-order valence-corrected chi connectivity index (χ0v) is 13.3. The summed E-state index contributed by atoms with van der Waals surface area (Å²) in [6, 6.07) is 11.3. The lowest BCUT2D eigenvalue weighted by Crippen LogP contribution is -2.17. The van der Waals surface area contributed by atoms with Crippen LogP contribution in [-0.4, -0.2) is 22.7 Å². The van der Waals surface area contributed by atoms with Gasteiger partial charge in [-0.05, 0) is 23.6 Å². The van der Waals surface area contributed by atoms with Gasteiger partial charge in [-0.25, -0.2) is 4.79 Å². The number of aromatic nitrogens is 2. The van der Waals surface area contributed by atoms with Crippen molar-refractivity contribution in [3.05, 3.63) is 58.8 Å². The molecule has 24 heavy (non-hydrogen) atoms. The van der Waals surface area contributed by atoms with E-state index in [1.54, 1.807) is 6.08 Å². The van der Waals surface area contributed by atoms with Crippen LogP contribution in [0.2, 0.25) is 0 Å². The molecule has 0 bridgehead atoms. The third kappa shape index (κ3) is 2.93. The summed E-state index contributed by atoms with van der Waals surface area (Å²) in [6.07, 6.45) is 1.77. The Morgan fingerprint density at radius 3 is 3.04 bits per heavy atom. The molecule has 3 heterocycles. The van der Waals surface area contributed by atoms with Crippen LogP contribution >= 0.6 is 11.3 Å². The Hall–Kier alpha value is -2.93. The van der Waals surface area contributed by atoms with Gasteiger partial charge in [0.25, 0.3) is 5.89 Å². The molecule has 0 unspecified atom stereocenters. The quantitative estimate of drug-likeness (QED) is 0.678. The summed E-state index contributed by atoms with van der Waals surface area (Å²) < 4.78 is 15.9. The summed E-state index contributed by atoms with van der Waals surface area (Å²) in [5.74, 6) is 1.04. The fourth-order valence-corrected chi connectivity index (χ4v) is 2.92. The van der Waals surface area contributed by atoms with E-state index in [2.05, 4.69) is 10.1 Å². The number of fused-ring (bicyclic) bond motifs is 1. The maximum absolute atomic E-state index is 12.2. The zero-order chi connectivity index (χ0) is 16.4. The molecule has 120 valence electrons. The Balaban J connectivity index is 1.42. The van der Waals surface area contributed by atoms with Gasteiger partial charge in [-0.15, -0.1) is 11.3 Å². The number of thiophene rings is 1. The van der Waals surface area contributed by atoms with Crippen molar-refractivity contribution in [2.45, 2.75) is 6.61 Å². The van der Waals surface area contributed by atoms with Crippen molar-refractivity contribution in [3.8, 4) is 16.5 Å². The van der Waals surface area contributed by atoms with E-state index in [0.717, 1.165) is 16.2 Å². The van der Waals surface area contributed by atoms with Gasteiger partial charge in [-0.2, -0.15) is 4.98 Å². The first-order valence-corrected chi connectivity index (χ1v) is 8.13. The Bertz CT molecular complexity index is 899. The summed E-state index contributed by atoms with van der Waals surface area (Å²) in [5.41, 5.74) is 1.31. The van der Waals surface area contributed by atoms with E-state index in [4.69, 9.17) is 14.0 Å². The van der Waals surface area contributed by atoms with Gasteiger partial charge in [0.2, 0.25) is 5.82 Å². The summed E-state index contributed by atoms with van der Waals surface area (Å²) in [7, 11) is 0. The van der Waals surface area contributed by atoms with E-state index >= 15 is 0 Å². The van der Waals surface area contributed by atoms with E-state index in [1.165, 1.54) is 11.3 Å². The molecule has 0 saturated carbocycles. The molecule has 2 aromatic heterocycles. The van der Waals surface area contributed by atoms with E-state index in [0.29, 0.717) is 11.4 Å². The van der Waals surface area contributed by atoms with Crippen molar-refractivity contribution in [1.82, 2.24) is 10.1 Å². The highest BCUT2D eigenvalue weighted by Gasteiger charge is 2.19. The highest BCUT2D eigenvalue weighted by molar-refractivity contribution is 7.13. The Kier molecular flexibility index (Phi) is 3.84. The Labute approximate surface area is 141 Å².